The van der Waals surface area contributed by atoms with E-state index in [-0.39, 0.29) is 29.7 Å². The third kappa shape index (κ3) is 4.57. The van der Waals surface area contributed by atoms with E-state index in [1.54, 1.807) is 18.3 Å². The minimum Gasteiger partial charge on any atom is -0.345 e. The van der Waals surface area contributed by atoms with Crippen molar-refractivity contribution in [2.24, 2.45) is 5.92 Å². The lowest BCUT2D eigenvalue weighted by atomic mass is 10.0. The van der Waals surface area contributed by atoms with Crippen molar-refractivity contribution >= 4 is 17.5 Å². The topological polar surface area (TPSA) is 71.1 Å². The predicted molar refractivity (Wildman–Crippen MR) is 117 cm³/mol. The second-order valence-electron chi connectivity index (χ2n) is 7.65. The van der Waals surface area contributed by atoms with Crippen molar-refractivity contribution in [2.75, 3.05) is 5.32 Å². The number of carbonyl (C=O) groups excluding carboxylic acids is 2. The summed E-state index contributed by atoms with van der Waals surface area (Å²) in [6.07, 6.45) is 5.22. The summed E-state index contributed by atoms with van der Waals surface area (Å²) in [6.45, 7) is 2.04. The van der Waals surface area contributed by atoms with Crippen LogP contribution >= 0.6 is 0 Å². The van der Waals surface area contributed by atoms with Gasteiger partial charge in [-0.25, -0.2) is 0 Å². The van der Waals surface area contributed by atoms with Crippen molar-refractivity contribution in [3.8, 4) is 0 Å². The molecule has 0 bridgehead atoms. The van der Waals surface area contributed by atoms with Crippen LogP contribution in [0.15, 0.2) is 79.1 Å². The lowest BCUT2D eigenvalue weighted by Crippen LogP contribution is -2.28. The number of anilines is 1. The van der Waals surface area contributed by atoms with Gasteiger partial charge in [-0.1, -0.05) is 43.3 Å². The minimum atomic E-state index is -0.0880. The number of rotatable bonds is 7. The molecule has 0 saturated heterocycles. The maximum atomic E-state index is 12.5. The van der Waals surface area contributed by atoms with E-state index in [2.05, 4.69) is 15.6 Å². The van der Waals surface area contributed by atoms with E-state index in [1.165, 1.54) is 0 Å². The zero-order valence-corrected chi connectivity index (χ0v) is 16.9. The summed E-state index contributed by atoms with van der Waals surface area (Å²) < 4.78 is 0. The standard InChI is InChI=1S/C25H25N3O2/c1-2-23(28-24(29)18-7-4-3-5-8-18)17-10-12-20(13-11-17)27-25(30)22-15-21(22)19-9-6-14-26-16-19/h3-14,16,21-23H,2,15H2,1H3,(H,27,30)(H,28,29)/t21-,22+,23+/m1/s1. The maximum Gasteiger partial charge on any atom is 0.251 e. The van der Waals surface area contributed by atoms with E-state index in [4.69, 9.17) is 0 Å². The highest BCUT2D eigenvalue weighted by molar-refractivity contribution is 5.95. The fourth-order valence-corrected chi connectivity index (χ4v) is 3.73. The van der Waals surface area contributed by atoms with Gasteiger partial charge in [-0.2, -0.15) is 0 Å². The molecule has 30 heavy (non-hydrogen) atoms. The highest BCUT2D eigenvalue weighted by atomic mass is 16.2. The molecule has 0 unspecified atom stereocenters. The van der Waals surface area contributed by atoms with Crippen LogP contribution in [0, 0.1) is 5.92 Å². The molecule has 3 aromatic rings. The molecule has 1 saturated carbocycles. The van der Waals surface area contributed by atoms with Gasteiger partial charge in [0.05, 0.1) is 6.04 Å². The fraction of sp³-hybridized carbons (Fsp3) is 0.240. The van der Waals surface area contributed by atoms with Crippen molar-refractivity contribution in [2.45, 2.75) is 31.7 Å². The summed E-state index contributed by atoms with van der Waals surface area (Å²) in [4.78, 5) is 29.1. The van der Waals surface area contributed by atoms with Crippen molar-refractivity contribution in [1.29, 1.82) is 0 Å². The quantitative estimate of drug-likeness (QED) is 0.605. The van der Waals surface area contributed by atoms with E-state index in [1.807, 2.05) is 67.7 Å². The molecular weight excluding hydrogens is 374 g/mol. The van der Waals surface area contributed by atoms with Gasteiger partial charge in [0.15, 0.2) is 0 Å². The maximum absolute atomic E-state index is 12.5. The van der Waals surface area contributed by atoms with Gasteiger partial charge in [0.1, 0.15) is 0 Å². The second kappa shape index (κ2) is 8.91. The van der Waals surface area contributed by atoms with Crippen molar-refractivity contribution < 1.29 is 9.59 Å². The molecule has 0 aliphatic heterocycles. The number of hydrogen-bond acceptors (Lipinski definition) is 3. The minimum absolute atomic E-state index is 0.00225. The third-order valence-corrected chi connectivity index (χ3v) is 5.57. The number of amides is 2. The van der Waals surface area contributed by atoms with Gasteiger partial charge >= 0.3 is 0 Å². The first-order chi connectivity index (χ1) is 14.7. The Morgan fingerprint density at radius 3 is 2.47 bits per heavy atom. The summed E-state index contributed by atoms with van der Waals surface area (Å²) in [5, 5.41) is 6.09. The van der Waals surface area contributed by atoms with Crippen LogP contribution < -0.4 is 10.6 Å². The zero-order chi connectivity index (χ0) is 20.9. The van der Waals surface area contributed by atoms with Crippen LogP contribution in [-0.2, 0) is 4.79 Å². The largest absolute Gasteiger partial charge is 0.345 e. The highest BCUT2D eigenvalue weighted by Crippen LogP contribution is 2.47. The van der Waals surface area contributed by atoms with Crippen LogP contribution in [0.3, 0.4) is 0 Å². The average molecular weight is 399 g/mol. The van der Waals surface area contributed by atoms with E-state index < -0.39 is 0 Å². The first-order valence-corrected chi connectivity index (χ1v) is 10.3. The van der Waals surface area contributed by atoms with Gasteiger partial charge in [0, 0.05) is 29.6 Å². The summed E-state index contributed by atoms with van der Waals surface area (Å²) in [6, 6.07) is 20.8. The first-order valence-electron chi connectivity index (χ1n) is 10.3. The van der Waals surface area contributed by atoms with Crippen LogP contribution in [0.1, 0.15) is 53.2 Å². The number of hydrogen-bond donors (Lipinski definition) is 2. The molecule has 2 N–H and O–H groups in total. The smallest absolute Gasteiger partial charge is 0.251 e. The molecule has 0 radical (unpaired) electrons. The Bertz CT molecular complexity index is 1000. The SMILES string of the molecule is CC[C@H](NC(=O)c1ccccc1)c1ccc(NC(=O)[C@H]2C[C@@H]2c2cccnc2)cc1. The van der Waals surface area contributed by atoms with Crippen LogP contribution in [0.25, 0.3) is 0 Å². The number of aromatic nitrogens is 1. The van der Waals surface area contributed by atoms with Gasteiger partial charge < -0.3 is 10.6 Å². The van der Waals surface area contributed by atoms with Crippen molar-refractivity contribution in [3.63, 3.8) is 0 Å². The van der Waals surface area contributed by atoms with Gasteiger partial charge in [0.2, 0.25) is 5.91 Å². The van der Waals surface area contributed by atoms with Gasteiger partial charge in [-0.05, 0) is 60.2 Å². The Hall–Kier alpha value is -3.47. The highest BCUT2D eigenvalue weighted by Gasteiger charge is 2.44. The van der Waals surface area contributed by atoms with Gasteiger partial charge in [0.25, 0.3) is 5.91 Å². The molecule has 1 fully saturated rings. The molecule has 5 nitrogen and oxygen atoms in total. The van der Waals surface area contributed by atoms with Crippen molar-refractivity contribution in [3.05, 3.63) is 95.8 Å². The number of carbonyl (C=O) groups is 2. The van der Waals surface area contributed by atoms with E-state index in [9.17, 15) is 9.59 Å². The molecular formula is C25H25N3O2. The third-order valence-electron chi connectivity index (χ3n) is 5.57. The monoisotopic (exact) mass is 399 g/mol. The van der Waals surface area contributed by atoms with Gasteiger partial charge in [-0.15, -0.1) is 0 Å². The fourth-order valence-electron chi connectivity index (χ4n) is 3.73. The first kappa shape index (κ1) is 19.8. The molecule has 5 heteroatoms. The van der Waals surface area contributed by atoms with Gasteiger partial charge in [-0.3, -0.25) is 14.6 Å². The molecule has 3 atom stereocenters. The summed E-state index contributed by atoms with van der Waals surface area (Å²) in [7, 11) is 0. The molecule has 152 valence electrons. The average Bonchev–Trinajstić information content (AvgIpc) is 3.60. The number of benzene rings is 2. The molecule has 0 spiro atoms. The molecule has 1 aromatic heterocycles. The zero-order valence-electron chi connectivity index (χ0n) is 16.9. The van der Waals surface area contributed by atoms with Crippen LogP contribution in [0.2, 0.25) is 0 Å². The molecule has 4 rings (SSSR count). The lowest BCUT2D eigenvalue weighted by molar-refractivity contribution is -0.117. The molecule has 1 aliphatic rings. The number of pyridine rings is 1. The van der Waals surface area contributed by atoms with E-state index in [0.29, 0.717) is 5.56 Å². The van der Waals surface area contributed by atoms with Crippen LogP contribution in [0.5, 0.6) is 0 Å². The Morgan fingerprint density at radius 2 is 1.80 bits per heavy atom. The van der Waals surface area contributed by atoms with E-state index >= 15 is 0 Å². The normalized spacial score (nSPS) is 18.3. The molecule has 2 amide bonds. The van der Waals surface area contributed by atoms with Crippen molar-refractivity contribution in [1.82, 2.24) is 10.3 Å². The Kier molecular flexibility index (Phi) is 5.89. The summed E-state index contributed by atoms with van der Waals surface area (Å²) in [5.74, 6) is 0.217. The molecule has 1 aliphatic carbocycles. The van der Waals surface area contributed by atoms with Crippen LogP contribution in [-0.4, -0.2) is 16.8 Å². The van der Waals surface area contributed by atoms with E-state index in [0.717, 1.165) is 29.7 Å². The number of nitrogens with zero attached hydrogens (tertiary/aromatic N) is 1. The Labute approximate surface area is 176 Å². The summed E-state index contributed by atoms with van der Waals surface area (Å²) >= 11 is 0. The predicted octanol–water partition coefficient (Wildman–Crippen LogP) is 4.70. The Morgan fingerprint density at radius 1 is 1.03 bits per heavy atom. The molecule has 1 heterocycles. The number of nitrogens with one attached hydrogen (secondary N) is 2. The molecule has 2 aromatic carbocycles. The lowest BCUT2D eigenvalue weighted by Gasteiger charge is -2.18. The van der Waals surface area contributed by atoms with Crippen LogP contribution in [0.4, 0.5) is 5.69 Å². The summed E-state index contributed by atoms with van der Waals surface area (Å²) in [5.41, 5.74) is 3.55. The second-order valence-corrected chi connectivity index (χ2v) is 7.65. The Balaban J connectivity index is 1.35.